The summed E-state index contributed by atoms with van der Waals surface area (Å²) in [5, 5.41) is 7.05. The molecule has 82 valence electrons. The van der Waals surface area contributed by atoms with Crippen molar-refractivity contribution in [3.05, 3.63) is 11.9 Å². The third-order valence-corrected chi connectivity index (χ3v) is 2.44. The minimum atomic E-state index is -0.398. The molecule has 1 aromatic rings. The van der Waals surface area contributed by atoms with Gasteiger partial charge in [-0.1, -0.05) is 13.3 Å². The first-order chi connectivity index (χ1) is 7.20. The summed E-state index contributed by atoms with van der Waals surface area (Å²) in [6.45, 7) is 4.90. The van der Waals surface area contributed by atoms with E-state index in [1.165, 1.54) is 0 Å². The van der Waals surface area contributed by atoms with E-state index in [1.807, 2.05) is 11.6 Å². The quantitative estimate of drug-likeness (QED) is 0.826. The molecular formula is C10H15N3O2. The van der Waals surface area contributed by atoms with Crippen molar-refractivity contribution in [3.63, 3.8) is 0 Å². The number of rotatable bonds is 3. The summed E-state index contributed by atoms with van der Waals surface area (Å²) in [4.78, 5) is 11.1. The van der Waals surface area contributed by atoms with Crippen LogP contribution in [-0.2, 0) is 6.54 Å². The lowest BCUT2D eigenvalue weighted by atomic mass is 10.2. The van der Waals surface area contributed by atoms with Crippen LogP contribution in [0, 0.1) is 0 Å². The zero-order chi connectivity index (χ0) is 10.8. The summed E-state index contributed by atoms with van der Waals surface area (Å²) in [6, 6.07) is -0.0656. The van der Waals surface area contributed by atoms with E-state index in [0.29, 0.717) is 5.75 Å². The Bertz CT molecular complexity index is 373. The number of unbranched alkanes of at least 4 members (excludes halogenated alkanes) is 1. The van der Waals surface area contributed by atoms with Crippen molar-refractivity contribution in [1.82, 2.24) is 15.1 Å². The smallest absolute Gasteiger partial charge is 0.407 e. The summed E-state index contributed by atoms with van der Waals surface area (Å²) in [7, 11) is 0. The average Bonchev–Trinajstić information content (AvgIpc) is 2.57. The summed E-state index contributed by atoms with van der Waals surface area (Å²) in [5.41, 5.74) is 0.811. The monoisotopic (exact) mass is 209 g/mol. The maximum absolute atomic E-state index is 11.1. The number of hydrogen-bond donors (Lipinski definition) is 1. The van der Waals surface area contributed by atoms with Gasteiger partial charge in [0.2, 0.25) is 0 Å². The normalized spacial score (nSPS) is 19.3. The molecule has 15 heavy (non-hydrogen) atoms. The molecule has 0 saturated carbocycles. The molecule has 1 N–H and O–H groups in total. The van der Waals surface area contributed by atoms with Crippen LogP contribution in [0.15, 0.2) is 6.20 Å². The molecule has 1 atom stereocenters. The van der Waals surface area contributed by atoms with Crippen LogP contribution in [0.3, 0.4) is 0 Å². The summed E-state index contributed by atoms with van der Waals surface area (Å²) in [6.07, 6.45) is 3.60. The van der Waals surface area contributed by atoms with Crippen molar-refractivity contribution in [2.45, 2.75) is 39.3 Å². The Hall–Kier alpha value is -1.52. The SMILES string of the molecule is CCCCn1cc2c(n1)C(C)NC(=O)O2. The number of ether oxygens (including phenoxy) is 1. The van der Waals surface area contributed by atoms with Crippen LogP contribution in [0.5, 0.6) is 5.75 Å². The van der Waals surface area contributed by atoms with Gasteiger partial charge in [0.15, 0.2) is 5.75 Å². The van der Waals surface area contributed by atoms with E-state index in [9.17, 15) is 4.79 Å². The third kappa shape index (κ3) is 1.95. The first-order valence-electron chi connectivity index (χ1n) is 5.26. The first-order valence-corrected chi connectivity index (χ1v) is 5.26. The van der Waals surface area contributed by atoms with E-state index in [0.717, 1.165) is 25.1 Å². The molecule has 1 aromatic heterocycles. The van der Waals surface area contributed by atoms with E-state index in [2.05, 4.69) is 17.3 Å². The number of carbonyl (C=O) groups is 1. The Kier molecular flexibility index (Phi) is 2.62. The number of aromatic nitrogens is 2. The molecule has 2 rings (SSSR count). The molecule has 0 spiro atoms. The highest BCUT2D eigenvalue weighted by Gasteiger charge is 2.26. The highest BCUT2D eigenvalue weighted by Crippen LogP contribution is 2.27. The van der Waals surface area contributed by atoms with Crippen LogP contribution in [0.25, 0.3) is 0 Å². The molecule has 0 radical (unpaired) electrons. The van der Waals surface area contributed by atoms with Gasteiger partial charge in [0.1, 0.15) is 5.69 Å². The van der Waals surface area contributed by atoms with Gasteiger partial charge >= 0.3 is 6.09 Å². The van der Waals surface area contributed by atoms with Crippen LogP contribution in [-0.4, -0.2) is 15.9 Å². The number of nitrogens with zero attached hydrogens (tertiary/aromatic N) is 2. The Labute approximate surface area is 88.4 Å². The van der Waals surface area contributed by atoms with Gasteiger partial charge in [-0.3, -0.25) is 4.68 Å². The van der Waals surface area contributed by atoms with Gasteiger partial charge in [-0.2, -0.15) is 5.10 Å². The maximum Gasteiger partial charge on any atom is 0.413 e. The minimum Gasteiger partial charge on any atom is -0.407 e. The van der Waals surface area contributed by atoms with Crippen molar-refractivity contribution in [1.29, 1.82) is 0 Å². The fourth-order valence-corrected chi connectivity index (χ4v) is 1.61. The standard InChI is InChI=1S/C10H15N3O2/c1-3-4-5-13-6-8-9(12-13)7(2)11-10(14)15-8/h6-7H,3-5H2,1-2H3,(H,11,14). The third-order valence-electron chi connectivity index (χ3n) is 2.44. The molecule has 2 heterocycles. The average molecular weight is 209 g/mol. The lowest BCUT2D eigenvalue weighted by Gasteiger charge is -2.17. The molecule has 1 aliphatic rings. The fraction of sp³-hybridized carbons (Fsp3) is 0.600. The number of nitrogens with one attached hydrogen (secondary N) is 1. The molecule has 0 fully saturated rings. The van der Waals surface area contributed by atoms with Gasteiger partial charge in [0.05, 0.1) is 12.2 Å². The van der Waals surface area contributed by atoms with Crippen molar-refractivity contribution >= 4 is 6.09 Å². The second-order valence-corrected chi connectivity index (χ2v) is 3.75. The molecule has 5 nitrogen and oxygen atoms in total. The fourth-order valence-electron chi connectivity index (χ4n) is 1.61. The van der Waals surface area contributed by atoms with E-state index >= 15 is 0 Å². The maximum atomic E-state index is 11.1. The summed E-state index contributed by atoms with van der Waals surface area (Å²) in [5.74, 6) is 0.586. The molecule has 5 heteroatoms. The van der Waals surface area contributed by atoms with Gasteiger partial charge in [0.25, 0.3) is 0 Å². The molecular weight excluding hydrogens is 194 g/mol. The van der Waals surface area contributed by atoms with Crippen LogP contribution in [0.4, 0.5) is 4.79 Å². The zero-order valence-electron chi connectivity index (χ0n) is 8.99. The van der Waals surface area contributed by atoms with Gasteiger partial charge in [0, 0.05) is 6.54 Å². The second kappa shape index (κ2) is 3.92. The number of fused-ring (bicyclic) bond motifs is 1. The summed E-state index contributed by atoms with van der Waals surface area (Å²) >= 11 is 0. The van der Waals surface area contributed by atoms with Gasteiger partial charge in [-0.25, -0.2) is 4.79 Å². The Morgan fingerprint density at radius 3 is 3.20 bits per heavy atom. The zero-order valence-corrected chi connectivity index (χ0v) is 8.99. The first kappa shape index (κ1) is 10.0. The van der Waals surface area contributed by atoms with Crippen LogP contribution < -0.4 is 10.1 Å². The number of carbonyl (C=O) groups excluding carboxylic acids is 1. The lowest BCUT2D eigenvalue weighted by Crippen LogP contribution is -2.34. The van der Waals surface area contributed by atoms with Crippen molar-refractivity contribution in [2.24, 2.45) is 0 Å². The predicted molar refractivity (Wildman–Crippen MR) is 54.7 cm³/mol. The lowest BCUT2D eigenvalue weighted by molar-refractivity contribution is 0.189. The van der Waals surface area contributed by atoms with Gasteiger partial charge in [-0.15, -0.1) is 0 Å². The van der Waals surface area contributed by atoms with Crippen LogP contribution in [0.2, 0.25) is 0 Å². The Balaban J connectivity index is 2.19. The second-order valence-electron chi connectivity index (χ2n) is 3.75. The molecule has 1 aliphatic heterocycles. The van der Waals surface area contributed by atoms with Crippen LogP contribution >= 0.6 is 0 Å². The van der Waals surface area contributed by atoms with Crippen molar-refractivity contribution in [2.75, 3.05) is 0 Å². The van der Waals surface area contributed by atoms with Crippen LogP contribution in [0.1, 0.15) is 38.4 Å². The highest BCUT2D eigenvalue weighted by atomic mass is 16.6. The minimum absolute atomic E-state index is 0.0656. The van der Waals surface area contributed by atoms with Crippen molar-refractivity contribution in [3.8, 4) is 5.75 Å². The topological polar surface area (TPSA) is 56.2 Å². The molecule has 0 saturated heterocycles. The molecule has 0 bridgehead atoms. The van der Waals surface area contributed by atoms with Gasteiger partial charge in [-0.05, 0) is 13.3 Å². The highest BCUT2D eigenvalue weighted by molar-refractivity contribution is 5.73. The molecule has 1 amide bonds. The Morgan fingerprint density at radius 2 is 2.47 bits per heavy atom. The van der Waals surface area contributed by atoms with E-state index in [-0.39, 0.29) is 6.04 Å². The Morgan fingerprint density at radius 1 is 1.67 bits per heavy atom. The van der Waals surface area contributed by atoms with Gasteiger partial charge < -0.3 is 10.1 Å². The number of hydrogen-bond acceptors (Lipinski definition) is 3. The molecule has 0 aromatic carbocycles. The number of amides is 1. The predicted octanol–water partition coefficient (Wildman–Crippen LogP) is 1.85. The van der Waals surface area contributed by atoms with E-state index in [1.54, 1.807) is 6.20 Å². The van der Waals surface area contributed by atoms with E-state index in [4.69, 9.17) is 4.74 Å². The van der Waals surface area contributed by atoms with E-state index < -0.39 is 6.09 Å². The number of aryl methyl sites for hydroxylation is 1. The molecule has 0 aliphatic carbocycles. The molecule has 1 unspecified atom stereocenters. The largest absolute Gasteiger partial charge is 0.413 e. The summed E-state index contributed by atoms with van der Waals surface area (Å²) < 4.78 is 6.87. The van der Waals surface area contributed by atoms with Crippen molar-refractivity contribution < 1.29 is 9.53 Å².